The first-order chi connectivity index (χ1) is 8.36. The molecule has 96 valence electrons. The molecular weight excluding hydrogens is 245 g/mol. The van der Waals surface area contributed by atoms with Crippen LogP contribution in [0.5, 0.6) is 11.8 Å². The van der Waals surface area contributed by atoms with Crippen LogP contribution in [-0.4, -0.2) is 9.55 Å². The van der Waals surface area contributed by atoms with Gasteiger partial charge in [-0.15, -0.1) is 0 Å². The highest BCUT2D eigenvalue weighted by Gasteiger charge is 2.30. The molecule has 0 aliphatic rings. The van der Waals surface area contributed by atoms with E-state index in [9.17, 15) is 13.2 Å². The summed E-state index contributed by atoms with van der Waals surface area (Å²) >= 11 is 0. The molecule has 0 unspecified atom stereocenters. The monoisotopic (exact) mass is 256 g/mol. The van der Waals surface area contributed by atoms with E-state index >= 15 is 0 Å². The minimum Gasteiger partial charge on any atom is -0.426 e. The first-order valence-corrected chi connectivity index (χ1v) is 5.21. The van der Waals surface area contributed by atoms with Gasteiger partial charge >= 0.3 is 12.2 Å². The van der Waals surface area contributed by atoms with Crippen molar-refractivity contribution < 1.29 is 17.9 Å². The predicted molar refractivity (Wildman–Crippen MR) is 59.5 cm³/mol. The SMILES string of the molecule is Cc1cn(C)c(Oc2ccc(C(F)(F)F)cc2)n1. The van der Waals surface area contributed by atoms with E-state index in [2.05, 4.69) is 4.98 Å². The molecule has 0 amide bonds. The normalized spacial score (nSPS) is 11.6. The second-order valence-corrected chi connectivity index (χ2v) is 3.90. The minimum atomic E-state index is -4.33. The molecule has 0 aliphatic heterocycles. The third-order valence-corrected chi connectivity index (χ3v) is 2.34. The minimum absolute atomic E-state index is 0.316. The molecule has 3 nitrogen and oxygen atoms in total. The number of nitrogens with zero attached hydrogens (tertiary/aromatic N) is 2. The van der Waals surface area contributed by atoms with Crippen molar-refractivity contribution in [2.24, 2.45) is 7.05 Å². The zero-order valence-electron chi connectivity index (χ0n) is 9.82. The summed E-state index contributed by atoms with van der Waals surface area (Å²) in [5.41, 5.74) is 0.0743. The third-order valence-electron chi connectivity index (χ3n) is 2.34. The van der Waals surface area contributed by atoms with Gasteiger partial charge in [-0.3, -0.25) is 0 Å². The number of aromatic nitrogens is 2. The van der Waals surface area contributed by atoms with Crippen molar-refractivity contribution in [3.05, 3.63) is 41.7 Å². The van der Waals surface area contributed by atoms with Gasteiger partial charge in [-0.1, -0.05) is 0 Å². The van der Waals surface area contributed by atoms with Crippen molar-refractivity contribution in [2.45, 2.75) is 13.1 Å². The summed E-state index contributed by atoms with van der Waals surface area (Å²) in [5.74, 6) is 0.316. The Morgan fingerprint density at radius 1 is 1.17 bits per heavy atom. The van der Waals surface area contributed by atoms with Gasteiger partial charge in [0, 0.05) is 13.2 Å². The Kier molecular flexibility index (Phi) is 3.02. The summed E-state index contributed by atoms with van der Waals surface area (Å²) in [6.45, 7) is 1.81. The number of ether oxygens (including phenoxy) is 1. The van der Waals surface area contributed by atoms with Crippen LogP contribution in [0.1, 0.15) is 11.3 Å². The lowest BCUT2D eigenvalue weighted by atomic mass is 10.2. The van der Waals surface area contributed by atoms with Crippen molar-refractivity contribution in [3.8, 4) is 11.8 Å². The van der Waals surface area contributed by atoms with Crippen LogP contribution in [0.4, 0.5) is 13.2 Å². The van der Waals surface area contributed by atoms with E-state index in [0.29, 0.717) is 11.8 Å². The topological polar surface area (TPSA) is 27.1 Å². The zero-order chi connectivity index (χ0) is 13.3. The van der Waals surface area contributed by atoms with Gasteiger partial charge in [-0.05, 0) is 31.2 Å². The molecule has 0 saturated carbocycles. The Morgan fingerprint density at radius 3 is 2.22 bits per heavy atom. The Labute approximate surface area is 102 Å². The lowest BCUT2D eigenvalue weighted by Gasteiger charge is -2.08. The van der Waals surface area contributed by atoms with Crippen molar-refractivity contribution in [1.82, 2.24) is 9.55 Å². The van der Waals surface area contributed by atoms with Crippen LogP contribution in [0.2, 0.25) is 0 Å². The van der Waals surface area contributed by atoms with E-state index in [1.807, 2.05) is 0 Å². The van der Waals surface area contributed by atoms with Crippen LogP contribution in [0.25, 0.3) is 0 Å². The number of imidazole rings is 1. The molecule has 0 saturated heterocycles. The summed E-state index contributed by atoms with van der Waals surface area (Å²) in [6.07, 6.45) is -2.57. The maximum atomic E-state index is 12.4. The van der Waals surface area contributed by atoms with Crippen molar-refractivity contribution in [1.29, 1.82) is 0 Å². The highest BCUT2D eigenvalue weighted by Crippen LogP contribution is 2.31. The maximum absolute atomic E-state index is 12.4. The first kappa shape index (κ1) is 12.5. The van der Waals surface area contributed by atoms with Gasteiger partial charge in [0.2, 0.25) is 0 Å². The third kappa shape index (κ3) is 2.64. The zero-order valence-corrected chi connectivity index (χ0v) is 9.82. The molecule has 6 heteroatoms. The smallest absolute Gasteiger partial charge is 0.416 e. The standard InChI is InChI=1S/C12H11F3N2O/c1-8-7-17(2)11(16-8)18-10-5-3-9(4-6-10)12(13,14)15/h3-7H,1-2H3. The van der Waals surface area contributed by atoms with Crippen molar-refractivity contribution in [3.63, 3.8) is 0 Å². The van der Waals surface area contributed by atoms with Gasteiger partial charge in [0.15, 0.2) is 0 Å². The second kappa shape index (κ2) is 4.36. The van der Waals surface area contributed by atoms with Crippen LogP contribution in [0.3, 0.4) is 0 Å². The van der Waals surface area contributed by atoms with Gasteiger partial charge in [0.25, 0.3) is 0 Å². The molecule has 1 aromatic heterocycles. The summed E-state index contributed by atoms with van der Waals surface area (Å²) in [5, 5.41) is 0. The van der Waals surface area contributed by atoms with E-state index < -0.39 is 11.7 Å². The second-order valence-electron chi connectivity index (χ2n) is 3.90. The van der Waals surface area contributed by atoms with Crippen LogP contribution in [0.15, 0.2) is 30.5 Å². The molecule has 0 aliphatic carbocycles. The molecule has 1 heterocycles. The molecule has 0 fully saturated rings. The average molecular weight is 256 g/mol. The van der Waals surface area contributed by atoms with Crippen LogP contribution >= 0.6 is 0 Å². The number of hydrogen-bond donors (Lipinski definition) is 0. The lowest BCUT2D eigenvalue weighted by Crippen LogP contribution is -2.04. The molecule has 2 rings (SSSR count). The van der Waals surface area contributed by atoms with Gasteiger partial charge < -0.3 is 9.30 Å². The lowest BCUT2D eigenvalue weighted by molar-refractivity contribution is -0.137. The van der Waals surface area contributed by atoms with E-state index in [0.717, 1.165) is 17.8 Å². The number of benzene rings is 1. The molecular formula is C12H11F3N2O. The Balaban J connectivity index is 2.18. The average Bonchev–Trinajstić information content (AvgIpc) is 2.57. The quantitative estimate of drug-likeness (QED) is 0.821. The molecule has 0 radical (unpaired) electrons. The fourth-order valence-electron chi connectivity index (χ4n) is 1.51. The molecule has 18 heavy (non-hydrogen) atoms. The fourth-order valence-corrected chi connectivity index (χ4v) is 1.51. The highest BCUT2D eigenvalue weighted by molar-refractivity contribution is 5.30. The molecule has 2 aromatic rings. The number of rotatable bonds is 2. The molecule has 0 atom stereocenters. The van der Waals surface area contributed by atoms with E-state index in [1.165, 1.54) is 12.1 Å². The molecule has 0 bridgehead atoms. The van der Waals surface area contributed by atoms with Crippen molar-refractivity contribution >= 4 is 0 Å². The summed E-state index contributed by atoms with van der Waals surface area (Å²) in [7, 11) is 1.75. The number of alkyl halides is 3. The van der Waals surface area contributed by atoms with Crippen molar-refractivity contribution in [2.75, 3.05) is 0 Å². The van der Waals surface area contributed by atoms with E-state index in [-0.39, 0.29) is 0 Å². The van der Waals surface area contributed by atoms with Gasteiger partial charge in [0.1, 0.15) is 5.75 Å². The molecule has 1 aromatic carbocycles. The van der Waals surface area contributed by atoms with Gasteiger partial charge in [-0.25, -0.2) is 4.98 Å². The summed E-state index contributed by atoms with van der Waals surface area (Å²) in [4.78, 5) is 4.10. The first-order valence-electron chi connectivity index (χ1n) is 5.21. The maximum Gasteiger partial charge on any atom is 0.416 e. The van der Waals surface area contributed by atoms with E-state index in [4.69, 9.17) is 4.74 Å². The fraction of sp³-hybridized carbons (Fsp3) is 0.250. The van der Waals surface area contributed by atoms with Gasteiger partial charge in [-0.2, -0.15) is 13.2 Å². The predicted octanol–water partition coefficient (Wildman–Crippen LogP) is 3.54. The Bertz CT molecular complexity index is 543. The summed E-state index contributed by atoms with van der Waals surface area (Å²) < 4.78 is 44.1. The number of hydrogen-bond acceptors (Lipinski definition) is 2. The van der Waals surface area contributed by atoms with E-state index in [1.54, 1.807) is 24.7 Å². The largest absolute Gasteiger partial charge is 0.426 e. The van der Waals surface area contributed by atoms with Crippen LogP contribution < -0.4 is 4.74 Å². The van der Waals surface area contributed by atoms with Crippen LogP contribution in [-0.2, 0) is 13.2 Å². The number of halogens is 3. The Morgan fingerprint density at radius 2 is 1.78 bits per heavy atom. The number of aryl methyl sites for hydroxylation is 2. The Hall–Kier alpha value is -1.98. The summed E-state index contributed by atoms with van der Waals surface area (Å²) in [6, 6.07) is 4.84. The van der Waals surface area contributed by atoms with Gasteiger partial charge in [0.05, 0.1) is 11.3 Å². The molecule has 0 spiro atoms. The molecule has 0 N–H and O–H groups in total. The highest BCUT2D eigenvalue weighted by atomic mass is 19.4. The van der Waals surface area contributed by atoms with Crippen LogP contribution in [0, 0.1) is 6.92 Å².